The molecule has 1 amide bonds. The van der Waals surface area contributed by atoms with Gasteiger partial charge in [0, 0.05) is 6.54 Å². The molecule has 6 nitrogen and oxygen atoms in total. The molecule has 16 heavy (non-hydrogen) atoms. The summed E-state index contributed by atoms with van der Waals surface area (Å²) < 4.78 is 26.2. The second-order valence-corrected chi connectivity index (χ2v) is 5.10. The molecule has 1 heterocycles. The quantitative estimate of drug-likeness (QED) is 0.713. The molecule has 0 bridgehead atoms. The summed E-state index contributed by atoms with van der Waals surface area (Å²) in [6.07, 6.45) is 1.72. The van der Waals surface area contributed by atoms with Crippen molar-refractivity contribution in [2.45, 2.75) is 13.3 Å². The second-order valence-electron chi connectivity index (χ2n) is 3.37. The molecule has 0 saturated carbocycles. The number of rotatable bonds is 5. The SMILES string of the molecule is Cc1occc1C(=O)NCCCS(N)(=O)=O. The number of nitrogens with one attached hydrogen (secondary N) is 1. The Balaban J connectivity index is 2.35. The lowest BCUT2D eigenvalue weighted by Crippen LogP contribution is -2.27. The van der Waals surface area contributed by atoms with Crippen LogP contribution in [0.1, 0.15) is 22.5 Å². The van der Waals surface area contributed by atoms with Crippen LogP contribution < -0.4 is 10.5 Å². The lowest BCUT2D eigenvalue weighted by atomic mass is 10.2. The van der Waals surface area contributed by atoms with Gasteiger partial charge in [-0.25, -0.2) is 13.6 Å². The topological polar surface area (TPSA) is 102 Å². The van der Waals surface area contributed by atoms with E-state index in [1.54, 1.807) is 13.0 Å². The predicted molar refractivity (Wildman–Crippen MR) is 58.4 cm³/mol. The summed E-state index contributed by atoms with van der Waals surface area (Å²) in [5.41, 5.74) is 0.454. The van der Waals surface area contributed by atoms with Gasteiger partial charge in [-0.1, -0.05) is 0 Å². The first kappa shape index (κ1) is 12.7. The van der Waals surface area contributed by atoms with Crippen molar-refractivity contribution in [1.82, 2.24) is 5.32 Å². The van der Waals surface area contributed by atoms with E-state index in [9.17, 15) is 13.2 Å². The zero-order valence-corrected chi connectivity index (χ0v) is 9.71. The summed E-state index contributed by atoms with van der Waals surface area (Å²) in [5, 5.41) is 7.40. The Hall–Kier alpha value is -1.34. The minimum atomic E-state index is -3.45. The zero-order valence-electron chi connectivity index (χ0n) is 8.89. The van der Waals surface area contributed by atoms with E-state index in [2.05, 4.69) is 5.32 Å². The minimum Gasteiger partial charge on any atom is -0.469 e. The summed E-state index contributed by atoms with van der Waals surface area (Å²) in [6, 6.07) is 1.56. The molecule has 3 N–H and O–H groups in total. The van der Waals surface area contributed by atoms with Gasteiger partial charge < -0.3 is 9.73 Å². The van der Waals surface area contributed by atoms with Gasteiger partial charge in [0.05, 0.1) is 17.6 Å². The highest BCUT2D eigenvalue weighted by Gasteiger charge is 2.10. The van der Waals surface area contributed by atoms with Crippen LogP contribution in [0.25, 0.3) is 0 Å². The van der Waals surface area contributed by atoms with Crippen LogP contribution in [-0.4, -0.2) is 26.6 Å². The molecule has 0 aliphatic heterocycles. The van der Waals surface area contributed by atoms with E-state index in [-0.39, 0.29) is 18.2 Å². The average molecular weight is 246 g/mol. The van der Waals surface area contributed by atoms with Crippen LogP contribution in [0.4, 0.5) is 0 Å². The molecule has 0 spiro atoms. The van der Waals surface area contributed by atoms with Crippen molar-refractivity contribution in [2.75, 3.05) is 12.3 Å². The van der Waals surface area contributed by atoms with Crippen molar-refractivity contribution < 1.29 is 17.6 Å². The van der Waals surface area contributed by atoms with Gasteiger partial charge in [-0.15, -0.1) is 0 Å². The molecule has 1 rings (SSSR count). The highest BCUT2D eigenvalue weighted by Crippen LogP contribution is 2.07. The predicted octanol–water partition coefficient (Wildman–Crippen LogP) is -0.00358. The molecule has 90 valence electrons. The maximum atomic E-state index is 11.5. The molecular weight excluding hydrogens is 232 g/mol. The van der Waals surface area contributed by atoms with Gasteiger partial charge in [-0.05, 0) is 19.4 Å². The van der Waals surface area contributed by atoms with Gasteiger partial charge in [0.15, 0.2) is 0 Å². The molecule has 7 heteroatoms. The fraction of sp³-hybridized carbons (Fsp3) is 0.444. The number of amides is 1. The Morgan fingerprint density at radius 3 is 2.75 bits per heavy atom. The van der Waals surface area contributed by atoms with Crippen molar-refractivity contribution >= 4 is 15.9 Å². The third-order valence-corrected chi connectivity index (χ3v) is 2.85. The number of carbonyl (C=O) groups excluding carboxylic acids is 1. The summed E-state index contributed by atoms with van der Waals surface area (Å²) >= 11 is 0. The van der Waals surface area contributed by atoms with E-state index in [4.69, 9.17) is 9.56 Å². The standard InChI is InChI=1S/C9H14N2O4S/c1-7-8(3-5-15-7)9(12)11-4-2-6-16(10,13)14/h3,5H,2,4,6H2,1H3,(H,11,12)(H2,10,13,14). The van der Waals surface area contributed by atoms with Gasteiger partial charge in [-0.3, -0.25) is 4.79 Å². The highest BCUT2D eigenvalue weighted by molar-refractivity contribution is 7.89. The van der Waals surface area contributed by atoms with E-state index in [1.165, 1.54) is 6.26 Å². The lowest BCUT2D eigenvalue weighted by molar-refractivity contribution is 0.0952. The Bertz CT molecular complexity index is 464. The number of carbonyl (C=O) groups is 1. The summed E-state index contributed by atoms with van der Waals surface area (Å²) in [6.45, 7) is 1.94. The van der Waals surface area contributed by atoms with Gasteiger partial charge in [0.1, 0.15) is 5.76 Å². The molecule has 0 aliphatic rings. The molecule has 1 aromatic heterocycles. The van der Waals surface area contributed by atoms with E-state index >= 15 is 0 Å². The summed E-state index contributed by atoms with van der Waals surface area (Å²) in [7, 11) is -3.45. The fourth-order valence-electron chi connectivity index (χ4n) is 1.19. The third-order valence-electron chi connectivity index (χ3n) is 1.99. The van der Waals surface area contributed by atoms with Crippen molar-refractivity contribution in [3.8, 4) is 0 Å². The average Bonchev–Trinajstić information content (AvgIpc) is 2.57. The van der Waals surface area contributed by atoms with Crippen molar-refractivity contribution in [2.24, 2.45) is 5.14 Å². The minimum absolute atomic E-state index is 0.141. The van der Waals surface area contributed by atoms with Crippen LogP contribution in [-0.2, 0) is 10.0 Å². The first-order valence-corrected chi connectivity index (χ1v) is 6.44. The molecule has 0 saturated heterocycles. The van der Waals surface area contributed by atoms with E-state index < -0.39 is 10.0 Å². The number of nitrogens with two attached hydrogens (primary N) is 1. The smallest absolute Gasteiger partial charge is 0.254 e. The highest BCUT2D eigenvalue weighted by atomic mass is 32.2. The molecule has 0 unspecified atom stereocenters. The maximum absolute atomic E-state index is 11.5. The summed E-state index contributed by atoms with van der Waals surface area (Å²) in [5.74, 6) is 0.113. The number of hydrogen-bond acceptors (Lipinski definition) is 4. The normalized spacial score (nSPS) is 11.4. The first-order chi connectivity index (χ1) is 7.40. The largest absolute Gasteiger partial charge is 0.469 e. The van der Waals surface area contributed by atoms with Gasteiger partial charge in [-0.2, -0.15) is 0 Å². The molecule has 1 aromatic rings. The van der Waals surface area contributed by atoms with Gasteiger partial charge in [0.2, 0.25) is 10.0 Å². The lowest BCUT2D eigenvalue weighted by Gasteiger charge is -2.03. The van der Waals surface area contributed by atoms with Crippen LogP contribution in [0.2, 0.25) is 0 Å². The number of furan rings is 1. The van der Waals surface area contributed by atoms with E-state index in [1.807, 2.05) is 0 Å². The van der Waals surface area contributed by atoms with Crippen LogP contribution in [0.5, 0.6) is 0 Å². The first-order valence-electron chi connectivity index (χ1n) is 4.73. The number of aryl methyl sites for hydroxylation is 1. The van der Waals surface area contributed by atoms with E-state index in [0.717, 1.165) is 0 Å². The van der Waals surface area contributed by atoms with E-state index in [0.29, 0.717) is 17.7 Å². The van der Waals surface area contributed by atoms with Crippen molar-refractivity contribution in [1.29, 1.82) is 0 Å². The molecule has 0 aromatic carbocycles. The molecular formula is C9H14N2O4S. The number of hydrogen-bond donors (Lipinski definition) is 2. The third kappa shape index (κ3) is 4.03. The Morgan fingerprint density at radius 1 is 1.56 bits per heavy atom. The maximum Gasteiger partial charge on any atom is 0.254 e. The second kappa shape index (κ2) is 5.13. The summed E-state index contributed by atoms with van der Waals surface area (Å²) in [4.78, 5) is 11.5. The van der Waals surface area contributed by atoms with Crippen LogP contribution in [0.3, 0.4) is 0 Å². The number of sulfonamides is 1. The van der Waals surface area contributed by atoms with Crippen molar-refractivity contribution in [3.63, 3.8) is 0 Å². The Kier molecular flexibility index (Phi) is 4.08. The van der Waals surface area contributed by atoms with Crippen LogP contribution >= 0.6 is 0 Å². The van der Waals surface area contributed by atoms with Crippen molar-refractivity contribution in [3.05, 3.63) is 23.7 Å². The van der Waals surface area contributed by atoms with Gasteiger partial charge in [0.25, 0.3) is 5.91 Å². The number of primary sulfonamides is 1. The zero-order chi connectivity index (χ0) is 12.2. The Morgan fingerprint density at radius 2 is 2.25 bits per heavy atom. The molecule has 0 atom stereocenters. The van der Waals surface area contributed by atoms with Gasteiger partial charge >= 0.3 is 0 Å². The fourth-order valence-corrected chi connectivity index (χ4v) is 1.74. The molecule has 0 radical (unpaired) electrons. The molecule has 0 fully saturated rings. The monoisotopic (exact) mass is 246 g/mol. The molecule has 0 aliphatic carbocycles. The Labute approximate surface area is 93.9 Å². The van der Waals surface area contributed by atoms with Crippen LogP contribution in [0, 0.1) is 6.92 Å². The van der Waals surface area contributed by atoms with Crippen LogP contribution in [0.15, 0.2) is 16.7 Å².